The summed E-state index contributed by atoms with van der Waals surface area (Å²) in [5.41, 5.74) is 0. The zero-order valence-corrected chi connectivity index (χ0v) is 7.67. The molecule has 0 heterocycles. The van der Waals surface area contributed by atoms with Gasteiger partial charge in [-0.25, -0.2) is 0 Å². The van der Waals surface area contributed by atoms with E-state index in [0.717, 1.165) is 6.42 Å². The van der Waals surface area contributed by atoms with Crippen LogP contribution in [-0.4, -0.2) is 37.1 Å². The minimum atomic E-state index is -0.339. The first-order valence-corrected chi connectivity index (χ1v) is 4.31. The molecule has 0 aliphatic heterocycles. The molecule has 12 heavy (non-hydrogen) atoms. The van der Waals surface area contributed by atoms with Gasteiger partial charge >= 0.3 is 0 Å². The van der Waals surface area contributed by atoms with Crippen molar-refractivity contribution >= 4 is 11.6 Å². The van der Waals surface area contributed by atoms with E-state index in [1.54, 1.807) is 0 Å². The van der Waals surface area contributed by atoms with Gasteiger partial charge in [-0.1, -0.05) is 0 Å². The van der Waals surface area contributed by atoms with Gasteiger partial charge in [0.2, 0.25) is 0 Å². The number of nitrogens with zero attached hydrogens (tertiary/aromatic N) is 1. The summed E-state index contributed by atoms with van der Waals surface area (Å²) in [4.78, 5) is 24.5. The summed E-state index contributed by atoms with van der Waals surface area (Å²) in [5.74, 6) is -0.0892. The van der Waals surface area contributed by atoms with E-state index in [2.05, 4.69) is 0 Å². The lowest BCUT2D eigenvalue weighted by atomic mass is 9.86. The van der Waals surface area contributed by atoms with Gasteiger partial charge < -0.3 is 4.90 Å². The second-order valence-corrected chi connectivity index (χ2v) is 3.60. The molecule has 0 bridgehead atoms. The van der Waals surface area contributed by atoms with E-state index in [9.17, 15) is 9.59 Å². The summed E-state index contributed by atoms with van der Waals surface area (Å²) < 4.78 is 0. The Labute approximate surface area is 72.7 Å². The van der Waals surface area contributed by atoms with Gasteiger partial charge in [-0.2, -0.15) is 0 Å². The number of rotatable bonds is 2. The molecule has 0 aromatic carbocycles. The van der Waals surface area contributed by atoms with Crippen molar-refractivity contribution in [3.63, 3.8) is 0 Å². The van der Waals surface area contributed by atoms with Crippen LogP contribution in [0.2, 0.25) is 0 Å². The van der Waals surface area contributed by atoms with E-state index in [4.69, 9.17) is 0 Å². The van der Waals surface area contributed by atoms with E-state index in [1.807, 2.05) is 19.0 Å². The molecule has 1 saturated carbocycles. The van der Waals surface area contributed by atoms with Crippen molar-refractivity contribution in [3.05, 3.63) is 0 Å². The Hall–Kier alpha value is -0.700. The largest absolute Gasteiger partial charge is 0.308 e. The van der Waals surface area contributed by atoms with Crippen molar-refractivity contribution in [2.45, 2.75) is 19.3 Å². The first kappa shape index (κ1) is 9.39. The molecule has 0 saturated heterocycles. The molecule has 3 heteroatoms. The number of ketones is 2. The molecule has 1 fully saturated rings. The van der Waals surface area contributed by atoms with Gasteiger partial charge in [-0.3, -0.25) is 9.59 Å². The topological polar surface area (TPSA) is 37.4 Å². The molecular weight excluding hydrogens is 154 g/mol. The molecule has 1 aliphatic carbocycles. The summed E-state index contributed by atoms with van der Waals surface area (Å²) in [6, 6.07) is 0. The van der Waals surface area contributed by atoms with Gasteiger partial charge in [-0.15, -0.1) is 0 Å². The van der Waals surface area contributed by atoms with E-state index >= 15 is 0 Å². The van der Waals surface area contributed by atoms with Crippen molar-refractivity contribution < 1.29 is 9.59 Å². The number of hydrogen-bond donors (Lipinski definition) is 0. The molecule has 0 atom stereocenters. The van der Waals surface area contributed by atoms with E-state index in [1.165, 1.54) is 0 Å². The molecule has 0 radical (unpaired) electrons. The van der Waals surface area contributed by atoms with Crippen LogP contribution in [0.5, 0.6) is 0 Å². The average Bonchev–Trinajstić information content (AvgIpc) is 1.97. The van der Waals surface area contributed by atoms with Crippen LogP contribution in [0, 0.1) is 5.92 Å². The molecule has 0 N–H and O–H groups in total. The third-order valence-electron chi connectivity index (χ3n) is 2.17. The highest BCUT2D eigenvalue weighted by Crippen LogP contribution is 2.17. The zero-order valence-electron chi connectivity index (χ0n) is 7.67. The Morgan fingerprint density at radius 2 is 1.75 bits per heavy atom. The van der Waals surface area contributed by atoms with Crippen molar-refractivity contribution in [2.24, 2.45) is 5.92 Å². The van der Waals surface area contributed by atoms with Gasteiger partial charge in [0, 0.05) is 19.4 Å². The lowest BCUT2D eigenvalue weighted by Gasteiger charge is -2.22. The van der Waals surface area contributed by atoms with Gasteiger partial charge in [0.1, 0.15) is 11.6 Å². The van der Waals surface area contributed by atoms with Crippen LogP contribution in [0.1, 0.15) is 19.3 Å². The Morgan fingerprint density at radius 1 is 1.25 bits per heavy atom. The lowest BCUT2D eigenvalue weighted by molar-refractivity contribution is -0.136. The van der Waals surface area contributed by atoms with Gasteiger partial charge in [0.05, 0.1) is 5.92 Å². The fourth-order valence-corrected chi connectivity index (χ4v) is 1.53. The quantitative estimate of drug-likeness (QED) is 0.564. The summed E-state index contributed by atoms with van der Waals surface area (Å²) in [6.45, 7) is 0.581. The van der Waals surface area contributed by atoms with Crippen molar-refractivity contribution in [2.75, 3.05) is 20.6 Å². The average molecular weight is 169 g/mol. The fourth-order valence-electron chi connectivity index (χ4n) is 1.53. The van der Waals surface area contributed by atoms with Crippen LogP contribution >= 0.6 is 0 Å². The van der Waals surface area contributed by atoms with Crippen LogP contribution in [0.15, 0.2) is 0 Å². The lowest BCUT2D eigenvalue weighted by Crippen LogP contribution is -2.36. The van der Waals surface area contributed by atoms with Crippen molar-refractivity contribution in [1.82, 2.24) is 4.90 Å². The second-order valence-electron chi connectivity index (χ2n) is 3.60. The SMILES string of the molecule is CN(C)CC1C(=O)CCCC1=O. The highest BCUT2D eigenvalue weighted by molar-refractivity contribution is 6.04. The Kier molecular flexibility index (Phi) is 2.98. The molecule has 1 aliphatic rings. The molecule has 0 aromatic rings. The smallest absolute Gasteiger partial charge is 0.144 e. The predicted molar refractivity (Wildman–Crippen MR) is 45.9 cm³/mol. The van der Waals surface area contributed by atoms with E-state index in [0.29, 0.717) is 19.4 Å². The van der Waals surface area contributed by atoms with Gasteiger partial charge in [0.25, 0.3) is 0 Å². The van der Waals surface area contributed by atoms with Crippen LogP contribution in [0.25, 0.3) is 0 Å². The minimum absolute atomic E-state index is 0.125. The Balaban J connectivity index is 2.57. The minimum Gasteiger partial charge on any atom is -0.308 e. The van der Waals surface area contributed by atoms with E-state index < -0.39 is 0 Å². The number of carbonyl (C=O) groups excluding carboxylic acids is 2. The number of Topliss-reactive ketones (excluding diaryl/α,β-unsaturated/α-hetero) is 2. The molecule has 68 valence electrons. The van der Waals surface area contributed by atoms with Gasteiger partial charge in [0.15, 0.2) is 0 Å². The van der Waals surface area contributed by atoms with Gasteiger partial charge in [-0.05, 0) is 20.5 Å². The monoisotopic (exact) mass is 169 g/mol. The van der Waals surface area contributed by atoms with Crippen LogP contribution in [0.4, 0.5) is 0 Å². The van der Waals surface area contributed by atoms with E-state index in [-0.39, 0.29) is 17.5 Å². The molecular formula is C9H15NO2. The summed E-state index contributed by atoms with van der Waals surface area (Å²) in [5, 5.41) is 0. The maximum absolute atomic E-state index is 11.3. The number of hydrogen-bond acceptors (Lipinski definition) is 3. The first-order valence-electron chi connectivity index (χ1n) is 4.31. The second kappa shape index (κ2) is 3.81. The first-order chi connectivity index (χ1) is 5.61. The maximum atomic E-state index is 11.3. The molecule has 0 unspecified atom stereocenters. The Morgan fingerprint density at radius 3 is 2.17 bits per heavy atom. The predicted octanol–water partition coefficient (Wildman–Crippen LogP) is 0.486. The summed E-state index contributed by atoms with van der Waals surface area (Å²) in [7, 11) is 3.77. The van der Waals surface area contributed by atoms with Crippen molar-refractivity contribution in [1.29, 1.82) is 0 Å². The normalized spacial score (nSPS) is 20.6. The standard InChI is InChI=1S/C9H15NO2/c1-10(2)6-7-8(11)4-3-5-9(7)12/h7H,3-6H2,1-2H3. The number of carbonyl (C=O) groups is 2. The third-order valence-corrected chi connectivity index (χ3v) is 2.17. The molecule has 0 spiro atoms. The molecule has 0 amide bonds. The zero-order chi connectivity index (χ0) is 9.14. The fraction of sp³-hybridized carbons (Fsp3) is 0.778. The van der Waals surface area contributed by atoms with Crippen LogP contribution < -0.4 is 0 Å². The Bertz CT molecular complexity index is 183. The van der Waals surface area contributed by atoms with Crippen LogP contribution in [-0.2, 0) is 9.59 Å². The summed E-state index contributed by atoms with van der Waals surface area (Å²) in [6.07, 6.45) is 1.93. The van der Waals surface area contributed by atoms with Crippen molar-refractivity contribution in [3.8, 4) is 0 Å². The third kappa shape index (κ3) is 2.14. The van der Waals surface area contributed by atoms with Crippen LogP contribution in [0.3, 0.4) is 0 Å². The molecule has 0 aromatic heterocycles. The molecule has 3 nitrogen and oxygen atoms in total. The maximum Gasteiger partial charge on any atom is 0.144 e. The highest BCUT2D eigenvalue weighted by Gasteiger charge is 2.29. The summed E-state index contributed by atoms with van der Waals surface area (Å²) >= 11 is 0. The highest BCUT2D eigenvalue weighted by atomic mass is 16.2. The molecule has 1 rings (SSSR count).